The van der Waals surface area contributed by atoms with Crippen molar-refractivity contribution in [3.8, 4) is 11.5 Å². The smallest absolute Gasteiger partial charge is 0.255 e. The molecule has 0 aliphatic rings. The van der Waals surface area contributed by atoms with Gasteiger partial charge in [-0.2, -0.15) is 5.10 Å². The molecule has 1 N–H and O–H groups in total. The Balaban J connectivity index is 1.41. The Morgan fingerprint density at radius 2 is 1.77 bits per heavy atom. The third-order valence-electron chi connectivity index (χ3n) is 5.78. The molecule has 7 heteroatoms. The summed E-state index contributed by atoms with van der Waals surface area (Å²) in [5, 5.41) is 8.21. The number of rotatable bonds is 8. The molecule has 6 nitrogen and oxygen atoms in total. The van der Waals surface area contributed by atoms with E-state index in [1.165, 1.54) is 0 Å². The maximum absolute atomic E-state index is 12.9. The van der Waals surface area contributed by atoms with Crippen molar-refractivity contribution in [3.63, 3.8) is 0 Å². The van der Waals surface area contributed by atoms with Crippen molar-refractivity contribution in [1.82, 2.24) is 9.78 Å². The first kappa shape index (κ1) is 24.4. The van der Waals surface area contributed by atoms with Crippen LogP contribution in [0.2, 0.25) is 5.02 Å². The summed E-state index contributed by atoms with van der Waals surface area (Å²) in [5.41, 5.74) is 6.02. The van der Waals surface area contributed by atoms with E-state index in [9.17, 15) is 4.79 Å². The van der Waals surface area contributed by atoms with Crippen LogP contribution in [0.15, 0.2) is 66.7 Å². The Bertz CT molecular complexity index is 1350. The number of methoxy groups -OCH3 is 1. The third-order valence-corrected chi connectivity index (χ3v) is 6.10. The Morgan fingerprint density at radius 3 is 2.51 bits per heavy atom. The lowest BCUT2D eigenvalue weighted by atomic mass is 10.1. The second-order valence-corrected chi connectivity index (χ2v) is 8.84. The molecule has 180 valence electrons. The molecular formula is C28H28ClN3O3. The van der Waals surface area contributed by atoms with Crippen LogP contribution in [-0.2, 0) is 13.2 Å². The molecule has 0 spiro atoms. The minimum atomic E-state index is -0.189. The first-order chi connectivity index (χ1) is 16.8. The maximum atomic E-state index is 12.9. The van der Waals surface area contributed by atoms with E-state index < -0.39 is 0 Å². The average molecular weight is 490 g/mol. The van der Waals surface area contributed by atoms with Gasteiger partial charge >= 0.3 is 0 Å². The van der Waals surface area contributed by atoms with Crippen LogP contribution in [0.4, 0.5) is 5.69 Å². The SMILES string of the molecule is COc1cccc(Cn2nc(C)c(NC(=O)c3ccc(COc4cc(C)ccc4Cl)cc3)c2C)c1. The van der Waals surface area contributed by atoms with Crippen LogP contribution < -0.4 is 14.8 Å². The van der Waals surface area contributed by atoms with Crippen molar-refractivity contribution in [1.29, 1.82) is 0 Å². The molecule has 0 bridgehead atoms. The topological polar surface area (TPSA) is 65.4 Å². The van der Waals surface area contributed by atoms with E-state index in [0.717, 1.165) is 39.5 Å². The predicted octanol–water partition coefficient (Wildman–Crippen LogP) is 6.35. The number of carbonyl (C=O) groups is 1. The fourth-order valence-corrected chi connectivity index (χ4v) is 3.97. The number of nitrogens with zero attached hydrogens (tertiary/aromatic N) is 2. The Kier molecular flexibility index (Phi) is 7.42. The number of hydrogen-bond donors (Lipinski definition) is 1. The highest BCUT2D eigenvalue weighted by molar-refractivity contribution is 6.32. The van der Waals surface area contributed by atoms with Gasteiger partial charge in [-0.05, 0) is 73.9 Å². The zero-order chi connectivity index (χ0) is 24.9. The lowest BCUT2D eigenvalue weighted by Gasteiger charge is -2.10. The zero-order valence-corrected chi connectivity index (χ0v) is 21.0. The van der Waals surface area contributed by atoms with Gasteiger partial charge in [-0.15, -0.1) is 0 Å². The van der Waals surface area contributed by atoms with Gasteiger partial charge in [-0.3, -0.25) is 9.48 Å². The maximum Gasteiger partial charge on any atom is 0.255 e. The Labute approximate surface area is 210 Å². The summed E-state index contributed by atoms with van der Waals surface area (Å²) in [6.45, 7) is 6.77. The van der Waals surface area contributed by atoms with Gasteiger partial charge in [0.05, 0.1) is 35.8 Å². The van der Waals surface area contributed by atoms with Crippen LogP contribution in [0.1, 0.15) is 38.4 Å². The van der Waals surface area contributed by atoms with Crippen molar-refractivity contribution in [2.24, 2.45) is 0 Å². The summed E-state index contributed by atoms with van der Waals surface area (Å²) >= 11 is 6.20. The number of hydrogen-bond acceptors (Lipinski definition) is 4. The number of anilines is 1. The van der Waals surface area contributed by atoms with Crippen LogP contribution in [0, 0.1) is 20.8 Å². The third kappa shape index (κ3) is 5.84. The van der Waals surface area contributed by atoms with Crippen LogP contribution in [0.3, 0.4) is 0 Å². The van der Waals surface area contributed by atoms with Crippen molar-refractivity contribution in [2.75, 3.05) is 12.4 Å². The summed E-state index contributed by atoms with van der Waals surface area (Å²) in [4.78, 5) is 12.9. The standard InChI is InChI=1S/C28H28ClN3O3/c1-18-8-13-25(29)26(14-18)35-17-21-9-11-23(12-10-21)28(33)30-27-19(2)31-32(20(27)3)16-22-6-5-7-24(15-22)34-4/h5-15H,16-17H2,1-4H3,(H,30,33). The highest BCUT2D eigenvalue weighted by atomic mass is 35.5. The number of amides is 1. The molecule has 1 amide bonds. The summed E-state index contributed by atoms with van der Waals surface area (Å²) in [7, 11) is 1.65. The van der Waals surface area contributed by atoms with E-state index in [-0.39, 0.29) is 5.91 Å². The van der Waals surface area contributed by atoms with E-state index in [1.54, 1.807) is 19.2 Å². The second kappa shape index (κ2) is 10.7. The van der Waals surface area contributed by atoms with Crippen LogP contribution in [-0.4, -0.2) is 22.8 Å². The van der Waals surface area contributed by atoms with E-state index in [1.807, 2.05) is 80.1 Å². The predicted molar refractivity (Wildman–Crippen MR) is 139 cm³/mol. The van der Waals surface area contributed by atoms with Gasteiger partial charge in [-0.25, -0.2) is 0 Å². The van der Waals surface area contributed by atoms with Gasteiger partial charge in [0.1, 0.15) is 18.1 Å². The van der Waals surface area contributed by atoms with Crippen molar-refractivity contribution >= 4 is 23.2 Å². The molecule has 0 unspecified atom stereocenters. The molecule has 0 atom stereocenters. The molecule has 1 heterocycles. The van der Waals surface area contributed by atoms with Crippen molar-refractivity contribution < 1.29 is 14.3 Å². The minimum Gasteiger partial charge on any atom is -0.497 e. The molecule has 4 rings (SSSR count). The van der Waals surface area contributed by atoms with Gasteiger partial charge in [0, 0.05) is 5.56 Å². The van der Waals surface area contributed by atoms with Crippen LogP contribution in [0.25, 0.3) is 0 Å². The van der Waals surface area contributed by atoms with Crippen molar-refractivity contribution in [3.05, 3.63) is 105 Å². The molecule has 3 aromatic carbocycles. The van der Waals surface area contributed by atoms with Gasteiger partial charge in [0.25, 0.3) is 5.91 Å². The molecule has 0 aliphatic carbocycles. The van der Waals surface area contributed by atoms with Gasteiger partial charge < -0.3 is 14.8 Å². The molecule has 0 aliphatic heterocycles. The summed E-state index contributed by atoms with van der Waals surface area (Å²) in [6, 6.07) is 20.9. The van der Waals surface area contributed by atoms with Crippen LogP contribution >= 0.6 is 11.6 Å². The normalized spacial score (nSPS) is 10.8. The van der Waals surface area contributed by atoms with Gasteiger partial charge in [0.2, 0.25) is 0 Å². The zero-order valence-electron chi connectivity index (χ0n) is 20.3. The van der Waals surface area contributed by atoms with E-state index in [4.69, 9.17) is 21.1 Å². The molecule has 35 heavy (non-hydrogen) atoms. The van der Waals surface area contributed by atoms with E-state index in [0.29, 0.717) is 29.5 Å². The molecule has 0 saturated carbocycles. The number of aryl methyl sites for hydroxylation is 2. The van der Waals surface area contributed by atoms with Crippen molar-refractivity contribution in [2.45, 2.75) is 33.9 Å². The van der Waals surface area contributed by atoms with Gasteiger partial charge in [0.15, 0.2) is 0 Å². The lowest BCUT2D eigenvalue weighted by molar-refractivity contribution is 0.102. The lowest BCUT2D eigenvalue weighted by Crippen LogP contribution is -2.13. The second-order valence-electron chi connectivity index (χ2n) is 8.43. The molecule has 0 radical (unpaired) electrons. The number of nitrogens with one attached hydrogen (secondary N) is 1. The first-order valence-corrected chi connectivity index (χ1v) is 11.7. The Morgan fingerprint density at radius 1 is 1.00 bits per heavy atom. The molecule has 1 aromatic heterocycles. The fourth-order valence-electron chi connectivity index (χ4n) is 3.80. The highest BCUT2D eigenvalue weighted by Crippen LogP contribution is 2.26. The number of ether oxygens (including phenoxy) is 2. The number of aromatic nitrogens is 2. The molecular weight excluding hydrogens is 462 g/mol. The molecule has 0 saturated heterocycles. The molecule has 0 fully saturated rings. The Hall–Kier alpha value is -3.77. The van der Waals surface area contributed by atoms with E-state index in [2.05, 4.69) is 10.4 Å². The number of carbonyl (C=O) groups excluding carboxylic acids is 1. The van der Waals surface area contributed by atoms with Gasteiger partial charge in [-0.1, -0.05) is 41.9 Å². The minimum absolute atomic E-state index is 0.189. The highest BCUT2D eigenvalue weighted by Gasteiger charge is 2.16. The fraction of sp³-hybridized carbons (Fsp3) is 0.214. The summed E-state index contributed by atoms with van der Waals surface area (Å²) < 4.78 is 13.0. The number of halogens is 1. The summed E-state index contributed by atoms with van der Waals surface area (Å²) in [6.07, 6.45) is 0. The van der Waals surface area contributed by atoms with Crippen LogP contribution in [0.5, 0.6) is 11.5 Å². The average Bonchev–Trinajstić information content (AvgIpc) is 3.12. The first-order valence-electron chi connectivity index (χ1n) is 11.3. The number of benzene rings is 3. The van der Waals surface area contributed by atoms with E-state index >= 15 is 0 Å². The molecule has 4 aromatic rings. The summed E-state index contributed by atoms with van der Waals surface area (Å²) in [5.74, 6) is 1.25. The monoisotopic (exact) mass is 489 g/mol. The largest absolute Gasteiger partial charge is 0.497 e. The quantitative estimate of drug-likeness (QED) is 0.313.